The van der Waals surface area contributed by atoms with Gasteiger partial charge in [-0.05, 0) is 73.4 Å². The number of halogens is 1. The van der Waals surface area contributed by atoms with Gasteiger partial charge in [-0.15, -0.1) is 0 Å². The van der Waals surface area contributed by atoms with Crippen LogP contribution < -0.4 is 16.6 Å². The van der Waals surface area contributed by atoms with Crippen molar-refractivity contribution in [2.24, 2.45) is 0 Å². The van der Waals surface area contributed by atoms with Gasteiger partial charge in [-0.1, -0.05) is 36.4 Å². The quantitative estimate of drug-likeness (QED) is 0.239. The first kappa shape index (κ1) is 37.5. The van der Waals surface area contributed by atoms with E-state index in [9.17, 15) is 23.6 Å². The van der Waals surface area contributed by atoms with Gasteiger partial charge in [0, 0.05) is 78.1 Å². The Morgan fingerprint density at radius 3 is 2.38 bits per heavy atom. The van der Waals surface area contributed by atoms with E-state index in [4.69, 9.17) is 0 Å². The molecule has 13 nitrogen and oxygen atoms in total. The minimum absolute atomic E-state index is 0.0312. The van der Waals surface area contributed by atoms with E-state index in [1.54, 1.807) is 25.1 Å². The number of hydrogen-bond donors (Lipinski definition) is 1. The highest BCUT2D eigenvalue weighted by Crippen LogP contribution is 2.29. The molecule has 1 aliphatic carbocycles. The summed E-state index contributed by atoms with van der Waals surface area (Å²) in [5.41, 5.74) is 2.95. The molecule has 2 fully saturated rings. The molecule has 5 heterocycles. The number of aromatic nitrogens is 5. The van der Waals surface area contributed by atoms with E-state index in [1.807, 2.05) is 24.4 Å². The molecule has 2 amide bonds. The van der Waals surface area contributed by atoms with Gasteiger partial charge < -0.3 is 14.8 Å². The number of carbonyl (C=O) groups excluding carboxylic acids is 2. The van der Waals surface area contributed by atoms with E-state index in [2.05, 4.69) is 53.9 Å². The van der Waals surface area contributed by atoms with Gasteiger partial charge in [-0.3, -0.25) is 28.8 Å². The van der Waals surface area contributed by atoms with E-state index in [-0.39, 0.29) is 28.9 Å². The van der Waals surface area contributed by atoms with E-state index < -0.39 is 23.1 Å². The topological polar surface area (TPSA) is 131 Å². The Kier molecular flexibility index (Phi) is 10.7. The molecule has 2 aliphatic heterocycles. The fourth-order valence-corrected chi connectivity index (χ4v) is 8.32. The summed E-state index contributed by atoms with van der Waals surface area (Å²) < 4.78 is 19.3. The van der Waals surface area contributed by atoms with Crippen molar-refractivity contribution in [1.29, 1.82) is 0 Å². The van der Waals surface area contributed by atoms with Crippen molar-refractivity contribution in [3.8, 4) is 16.8 Å². The average molecular weight is 762 g/mol. The molecule has 8 rings (SSSR count). The molecule has 5 aromatic rings. The summed E-state index contributed by atoms with van der Waals surface area (Å²) in [6.07, 6.45) is 8.02. The number of imidazole rings is 1. The zero-order valence-electron chi connectivity index (χ0n) is 32.0. The molecule has 0 atom stereocenters. The third kappa shape index (κ3) is 7.80. The molecule has 1 saturated carbocycles. The molecule has 3 aliphatic rings. The first-order valence-corrected chi connectivity index (χ1v) is 19.7. The number of nitrogens with one attached hydrogen (secondary N) is 1. The van der Waals surface area contributed by atoms with Crippen LogP contribution in [0.3, 0.4) is 0 Å². The third-order valence-corrected chi connectivity index (χ3v) is 11.6. The molecule has 1 N–H and O–H groups in total. The lowest BCUT2D eigenvalue weighted by Crippen LogP contribution is -2.48. The van der Waals surface area contributed by atoms with Gasteiger partial charge in [0.25, 0.3) is 11.5 Å². The van der Waals surface area contributed by atoms with Crippen LogP contribution >= 0.6 is 0 Å². The summed E-state index contributed by atoms with van der Waals surface area (Å²) in [6, 6.07) is 16.5. The van der Waals surface area contributed by atoms with Gasteiger partial charge >= 0.3 is 5.69 Å². The fourth-order valence-electron chi connectivity index (χ4n) is 8.32. The Morgan fingerprint density at radius 1 is 0.893 bits per heavy atom. The summed E-state index contributed by atoms with van der Waals surface area (Å²) in [5.74, 6) is 0.197. The maximum atomic E-state index is 14.6. The van der Waals surface area contributed by atoms with Crippen LogP contribution in [0, 0.1) is 5.82 Å². The van der Waals surface area contributed by atoms with Crippen LogP contribution in [0.1, 0.15) is 66.4 Å². The molecule has 56 heavy (non-hydrogen) atoms. The van der Waals surface area contributed by atoms with Crippen LogP contribution in [-0.2, 0) is 24.3 Å². The van der Waals surface area contributed by atoms with Gasteiger partial charge in [0.1, 0.15) is 17.3 Å². The molecule has 0 spiro atoms. The number of aryl methyl sites for hydroxylation is 2. The summed E-state index contributed by atoms with van der Waals surface area (Å²) in [5, 5.41) is 3.15. The van der Waals surface area contributed by atoms with Crippen LogP contribution in [-0.4, -0.2) is 103 Å². The van der Waals surface area contributed by atoms with Crippen LogP contribution in [0.2, 0.25) is 0 Å². The number of fused-ring (bicyclic) bond motifs is 2. The molecule has 292 valence electrons. The van der Waals surface area contributed by atoms with Gasteiger partial charge in [-0.25, -0.2) is 23.7 Å². The first-order valence-electron chi connectivity index (χ1n) is 19.7. The van der Waals surface area contributed by atoms with Crippen LogP contribution in [0.5, 0.6) is 0 Å². The zero-order chi connectivity index (χ0) is 38.9. The Labute approximate surface area is 324 Å². The van der Waals surface area contributed by atoms with Gasteiger partial charge in [0.2, 0.25) is 5.91 Å². The minimum Gasteiger partial charge on any atom is -0.348 e. The number of hydrogen-bond acceptors (Lipinski definition) is 8. The highest BCUT2D eigenvalue weighted by Gasteiger charge is 2.29. The van der Waals surface area contributed by atoms with Crippen molar-refractivity contribution in [1.82, 2.24) is 43.7 Å². The second-order valence-corrected chi connectivity index (χ2v) is 15.6. The summed E-state index contributed by atoms with van der Waals surface area (Å²) in [4.78, 5) is 68.6. The maximum Gasteiger partial charge on any atom is 0.337 e. The van der Waals surface area contributed by atoms with E-state index in [1.165, 1.54) is 14.7 Å². The van der Waals surface area contributed by atoms with Crippen molar-refractivity contribution >= 4 is 22.8 Å². The molecule has 0 radical (unpaired) electrons. The summed E-state index contributed by atoms with van der Waals surface area (Å²) in [7, 11) is 3.57. The summed E-state index contributed by atoms with van der Waals surface area (Å²) >= 11 is 0. The molecule has 0 unspecified atom stereocenters. The van der Waals surface area contributed by atoms with E-state index in [0.29, 0.717) is 43.6 Å². The van der Waals surface area contributed by atoms with Gasteiger partial charge in [0.15, 0.2) is 5.65 Å². The van der Waals surface area contributed by atoms with Crippen molar-refractivity contribution in [3.05, 3.63) is 111 Å². The van der Waals surface area contributed by atoms with Crippen molar-refractivity contribution in [3.63, 3.8) is 0 Å². The predicted octanol–water partition coefficient (Wildman–Crippen LogP) is 4.01. The van der Waals surface area contributed by atoms with E-state index >= 15 is 0 Å². The number of likely N-dealkylation sites (N-methyl/N-ethyl adjacent to an activating group) is 1. The van der Waals surface area contributed by atoms with Gasteiger partial charge in [-0.2, -0.15) is 0 Å². The van der Waals surface area contributed by atoms with Crippen LogP contribution in [0.15, 0.2) is 76.6 Å². The maximum absolute atomic E-state index is 14.6. The van der Waals surface area contributed by atoms with Crippen molar-refractivity contribution < 1.29 is 14.0 Å². The highest BCUT2D eigenvalue weighted by molar-refractivity contribution is 5.92. The number of nitrogens with zero attached hydrogens (tertiary/aromatic N) is 8. The standard InChI is InChI=1S/C42H48FN9O4/c1-47(2)38(53)27-49-20-18-48(19-21-49)25-28-9-11-29(12-10-28)30-6-5-7-34(22-30)51-39-35(23-31(43)24-44-39)41(55)52(42(51)56)33-15-13-32(14-16-33)45-40(54)36-26-50-17-4-3-8-37(50)46-36/h5-7,9-12,22-24,26,32-33H,3-4,8,13-21,25,27H2,1-2H3,(H,45,54)/t32-,33+. The monoisotopic (exact) mass is 761 g/mol. The Balaban J connectivity index is 0.989. The van der Waals surface area contributed by atoms with Gasteiger partial charge in [0.05, 0.1) is 23.8 Å². The number of rotatable bonds is 9. The molecule has 2 aromatic carbocycles. The van der Waals surface area contributed by atoms with Crippen molar-refractivity contribution in [2.45, 2.75) is 70.1 Å². The number of piperazine rings is 1. The summed E-state index contributed by atoms with van der Waals surface area (Å²) in [6.45, 7) is 5.60. The molecule has 0 bridgehead atoms. The first-order chi connectivity index (χ1) is 27.1. The SMILES string of the molecule is CN(C)C(=O)CN1CCN(Cc2ccc(-c3cccc(-n4c(=O)n([C@H]5CC[C@@H](NC(=O)c6cn7c(n6)CCCC7)CC5)c(=O)c5cc(F)cnc54)c3)cc2)CC1. The fraction of sp³-hybridized carbons (Fsp3) is 0.429. The molecule has 3 aromatic heterocycles. The lowest BCUT2D eigenvalue weighted by Gasteiger charge is -2.34. The van der Waals surface area contributed by atoms with E-state index in [0.717, 1.165) is 87.7 Å². The second kappa shape index (κ2) is 15.9. The Hall–Kier alpha value is -5.47. The molecule has 14 heteroatoms. The largest absolute Gasteiger partial charge is 0.348 e. The van der Waals surface area contributed by atoms with Crippen LogP contribution in [0.25, 0.3) is 27.8 Å². The highest BCUT2D eigenvalue weighted by atomic mass is 19.1. The minimum atomic E-state index is -0.658. The number of amides is 2. The number of benzene rings is 2. The number of carbonyl (C=O) groups is 2. The van der Waals surface area contributed by atoms with Crippen LogP contribution in [0.4, 0.5) is 4.39 Å². The second-order valence-electron chi connectivity index (χ2n) is 15.6. The zero-order valence-corrected chi connectivity index (χ0v) is 32.0. The predicted molar refractivity (Wildman–Crippen MR) is 211 cm³/mol. The molecular formula is C42H48FN9O4. The Morgan fingerprint density at radius 2 is 1.64 bits per heavy atom. The lowest BCUT2D eigenvalue weighted by molar-refractivity contribution is -0.130. The Bertz CT molecular complexity index is 2350. The normalized spacial score (nSPS) is 19.1. The molecular weight excluding hydrogens is 714 g/mol. The lowest BCUT2D eigenvalue weighted by atomic mass is 9.90. The number of pyridine rings is 1. The average Bonchev–Trinajstić information content (AvgIpc) is 3.65. The molecule has 1 saturated heterocycles. The smallest absolute Gasteiger partial charge is 0.337 e. The third-order valence-electron chi connectivity index (χ3n) is 11.6. The van der Waals surface area contributed by atoms with Crippen molar-refractivity contribution in [2.75, 3.05) is 46.8 Å².